The van der Waals surface area contributed by atoms with Crippen LogP contribution in [0.1, 0.15) is 50.3 Å². The van der Waals surface area contributed by atoms with Gasteiger partial charge >= 0.3 is 6.18 Å². The highest BCUT2D eigenvalue weighted by atomic mass is 19.4. The Morgan fingerprint density at radius 3 is 2.40 bits per heavy atom. The SMILES string of the molecule is CCCOC(C(=O)CCC)c1ccccc1C(F)(F)F. The molecule has 0 saturated heterocycles. The molecule has 0 aliphatic carbocycles. The Hall–Kier alpha value is -1.36. The van der Waals surface area contributed by atoms with Gasteiger partial charge in [0.25, 0.3) is 0 Å². The third-order valence-corrected chi connectivity index (χ3v) is 2.83. The lowest BCUT2D eigenvalue weighted by Crippen LogP contribution is -2.21. The molecule has 0 fully saturated rings. The molecule has 1 unspecified atom stereocenters. The monoisotopic (exact) mass is 288 g/mol. The van der Waals surface area contributed by atoms with Crippen molar-refractivity contribution in [2.75, 3.05) is 6.61 Å². The van der Waals surface area contributed by atoms with Gasteiger partial charge in [-0.25, -0.2) is 0 Å². The van der Waals surface area contributed by atoms with Crippen LogP contribution in [-0.4, -0.2) is 12.4 Å². The number of benzene rings is 1. The largest absolute Gasteiger partial charge is 0.416 e. The van der Waals surface area contributed by atoms with E-state index in [4.69, 9.17) is 4.74 Å². The Morgan fingerprint density at radius 1 is 1.20 bits per heavy atom. The lowest BCUT2D eigenvalue weighted by Gasteiger charge is -2.21. The molecule has 112 valence electrons. The smallest absolute Gasteiger partial charge is 0.366 e. The number of alkyl halides is 3. The lowest BCUT2D eigenvalue weighted by atomic mass is 9.97. The summed E-state index contributed by atoms with van der Waals surface area (Å²) >= 11 is 0. The lowest BCUT2D eigenvalue weighted by molar-refractivity contribution is -0.141. The third kappa shape index (κ3) is 4.34. The minimum Gasteiger partial charge on any atom is -0.366 e. The molecule has 1 aromatic rings. The van der Waals surface area contributed by atoms with Crippen LogP contribution < -0.4 is 0 Å². The molecule has 0 heterocycles. The van der Waals surface area contributed by atoms with Crippen LogP contribution in [0, 0.1) is 0 Å². The average Bonchev–Trinajstić information content (AvgIpc) is 2.39. The van der Waals surface area contributed by atoms with Crippen molar-refractivity contribution in [1.29, 1.82) is 0 Å². The highest BCUT2D eigenvalue weighted by Gasteiger charge is 2.36. The summed E-state index contributed by atoms with van der Waals surface area (Å²) in [6, 6.07) is 5.10. The van der Waals surface area contributed by atoms with E-state index >= 15 is 0 Å². The van der Waals surface area contributed by atoms with Crippen molar-refractivity contribution in [2.24, 2.45) is 0 Å². The van der Waals surface area contributed by atoms with Crippen LogP contribution >= 0.6 is 0 Å². The van der Waals surface area contributed by atoms with Crippen LogP contribution in [0.4, 0.5) is 13.2 Å². The number of hydrogen-bond donors (Lipinski definition) is 0. The summed E-state index contributed by atoms with van der Waals surface area (Å²) in [5, 5.41) is 0. The van der Waals surface area contributed by atoms with Gasteiger partial charge in [0.15, 0.2) is 5.78 Å². The molecule has 0 aliphatic heterocycles. The van der Waals surface area contributed by atoms with Gasteiger partial charge in [0.1, 0.15) is 6.10 Å². The maximum absolute atomic E-state index is 13.0. The van der Waals surface area contributed by atoms with Gasteiger partial charge in [-0.1, -0.05) is 32.0 Å². The zero-order chi connectivity index (χ0) is 15.2. The Morgan fingerprint density at radius 2 is 1.85 bits per heavy atom. The van der Waals surface area contributed by atoms with Crippen molar-refractivity contribution in [3.63, 3.8) is 0 Å². The number of halogens is 3. The number of ketones is 1. The van der Waals surface area contributed by atoms with Gasteiger partial charge in [-0.15, -0.1) is 0 Å². The van der Waals surface area contributed by atoms with E-state index in [9.17, 15) is 18.0 Å². The zero-order valence-electron chi connectivity index (χ0n) is 11.7. The van der Waals surface area contributed by atoms with E-state index < -0.39 is 17.8 Å². The first-order valence-corrected chi connectivity index (χ1v) is 6.72. The second-order valence-corrected chi connectivity index (χ2v) is 4.55. The van der Waals surface area contributed by atoms with Crippen molar-refractivity contribution < 1.29 is 22.7 Å². The molecule has 5 heteroatoms. The van der Waals surface area contributed by atoms with E-state index in [1.165, 1.54) is 18.2 Å². The number of carbonyl (C=O) groups excluding carboxylic acids is 1. The predicted molar refractivity (Wildman–Crippen MR) is 70.3 cm³/mol. The van der Waals surface area contributed by atoms with Crippen LogP contribution in [-0.2, 0) is 15.7 Å². The molecule has 0 aromatic heterocycles. The minimum absolute atomic E-state index is 0.0908. The fraction of sp³-hybridized carbons (Fsp3) is 0.533. The first-order chi connectivity index (χ1) is 9.41. The van der Waals surface area contributed by atoms with Crippen LogP contribution in [0.2, 0.25) is 0 Å². The third-order valence-electron chi connectivity index (χ3n) is 2.83. The topological polar surface area (TPSA) is 26.3 Å². The number of rotatable bonds is 7. The van der Waals surface area contributed by atoms with Gasteiger partial charge in [0, 0.05) is 18.6 Å². The summed E-state index contributed by atoms with van der Waals surface area (Å²) in [4.78, 5) is 12.0. The molecule has 0 bridgehead atoms. The molecule has 0 N–H and O–H groups in total. The van der Waals surface area contributed by atoms with Gasteiger partial charge in [0.05, 0.1) is 5.56 Å². The molecule has 0 aliphatic rings. The van der Waals surface area contributed by atoms with E-state index in [-0.39, 0.29) is 24.4 Å². The normalized spacial score (nSPS) is 13.2. The Kier molecular flexibility index (Phi) is 6.20. The number of ether oxygens (including phenoxy) is 1. The van der Waals surface area contributed by atoms with Crippen LogP contribution in [0.3, 0.4) is 0 Å². The van der Waals surface area contributed by atoms with E-state index in [0.29, 0.717) is 12.8 Å². The summed E-state index contributed by atoms with van der Waals surface area (Å²) in [5.74, 6) is -0.308. The van der Waals surface area contributed by atoms with E-state index in [1.807, 2.05) is 13.8 Å². The van der Waals surface area contributed by atoms with E-state index in [1.54, 1.807) is 0 Å². The molecule has 1 aromatic carbocycles. The standard InChI is InChI=1S/C15H19F3O2/c1-3-7-13(19)14(20-10-4-2)11-8-5-6-9-12(11)15(16,17)18/h5-6,8-9,14H,3-4,7,10H2,1-2H3. The maximum Gasteiger partial charge on any atom is 0.416 e. The second-order valence-electron chi connectivity index (χ2n) is 4.55. The Labute approximate surface area is 116 Å². The molecule has 0 spiro atoms. The fourth-order valence-corrected chi connectivity index (χ4v) is 1.95. The first kappa shape index (κ1) is 16.7. The Balaban J connectivity index is 3.16. The van der Waals surface area contributed by atoms with Crippen molar-refractivity contribution in [3.05, 3.63) is 35.4 Å². The quantitative estimate of drug-likeness (QED) is 0.736. The Bertz CT molecular complexity index is 441. The van der Waals surface area contributed by atoms with E-state index in [2.05, 4.69) is 0 Å². The molecule has 0 radical (unpaired) electrons. The van der Waals surface area contributed by atoms with Gasteiger partial charge in [-0.05, 0) is 18.9 Å². The molecule has 2 nitrogen and oxygen atoms in total. The molecule has 1 atom stereocenters. The summed E-state index contributed by atoms with van der Waals surface area (Å²) in [6.07, 6.45) is -4.19. The molecule has 20 heavy (non-hydrogen) atoms. The van der Waals surface area contributed by atoms with Gasteiger partial charge < -0.3 is 4.74 Å². The molecule has 0 saturated carbocycles. The molecular weight excluding hydrogens is 269 g/mol. The first-order valence-electron chi connectivity index (χ1n) is 6.72. The van der Waals surface area contributed by atoms with Gasteiger partial charge in [-0.3, -0.25) is 4.79 Å². The average molecular weight is 288 g/mol. The van der Waals surface area contributed by atoms with Crippen molar-refractivity contribution in [1.82, 2.24) is 0 Å². The molecule has 1 rings (SSSR count). The van der Waals surface area contributed by atoms with Crippen LogP contribution in [0.25, 0.3) is 0 Å². The number of Topliss-reactive ketones (excluding diaryl/α,β-unsaturated/α-hetero) is 1. The number of hydrogen-bond acceptors (Lipinski definition) is 2. The van der Waals surface area contributed by atoms with E-state index in [0.717, 1.165) is 6.07 Å². The molecular formula is C15H19F3O2. The summed E-state index contributed by atoms with van der Waals surface area (Å²) in [7, 11) is 0. The van der Waals surface area contributed by atoms with Crippen molar-refractivity contribution in [2.45, 2.75) is 45.4 Å². The predicted octanol–water partition coefficient (Wildman–Crippen LogP) is 4.54. The van der Waals surface area contributed by atoms with Gasteiger partial charge in [-0.2, -0.15) is 13.2 Å². The highest BCUT2D eigenvalue weighted by molar-refractivity contribution is 5.84. The zero-order valence-corrected chi connectivity index (χ0v) is 11.7. The highest BCUT2D eigenvalue weighted by Crippen LogP contribution is 2.36. The van der Waals surface area contributed by atoms with Crippen molar-refractivity contribution >= 4 is 5.78 Å². The van der Waals surface area contributed by atoms with Gasteiger partial charge in [0.2, 0.25) is 0 Å². The summed E-state index contributed by atoms with van der Waals surface area (Å²) < 4.78 is 44.4. The minimum atomic E-state index is -4.49. The summed E-state index contributed by atoms with van der Waals surface area (Å²) in [6.45, 7) is 3.91. The number of carbonyl (C=O) groups is 1. The maximum atomic E-state index is 13.0. The van der Waals surface area contributed by atoms with Crippen LogP contribution in [0.15, 0.2) is 24.3 Å². The van der Waals surface area contributed by atoms with Crippen LogP contribution in [0.5, 0.6) is 0 Å². The molecule has 0 amide bonds. The van der Waals surface area contributed by atoms with Crippen molar-refractivity contribution in [3.8, 4) is 0 Å². The summed E-state index contributed by atoms with van der Waals surface area (Å²) in [5.41, 5.74) is -0.891. The second kappa shape index (κ2) is 7.43. The fourth-order valence-electron chi connectivity index (χ4n) is 1.95.